The van der Waals surface area contributed by atoms with Gasteiger partial charge in [-0.2, -0.15) is 0 Å². The molecule has 1 aromatic carbocycles. The first kappa shape index (κ1) is 13.9. The van der Waals surface area contributed by atoms with Crippen molar-refractivity contribution in [2.75, 3.05) is 11.4 Å². The van der Waals surface area contributed by atoms with E-state index < -0.39 is 0 Å². The second-order valence-electron chi connectivity index (χ2n) is 6.41. The Hall–Kier alpha value is -1.09. The molecular weight excluding hydrogens is 251 g/mol. The molecule has 0 radical (unpaired) electrons. The van der Waals surface area contributed by atoms with E-state index in [4.69, 9.17) is 5.73 Å². The third-order valence-electron chi connectivity index (χ3n) is 5.04. The summed E-state index contributed by atoms with van der Waals surface area (Å²) in [6, 6.07) is 5.74. The van der Waals surface area contributed by atoms with E-state index in [2.05, 4.69) is 11.0 Å². The third-order valence-corrected chi connectivity index (χ3v) is 5.04. The zero-order valence-electron chi connectivity index (χ0n) is 12.3. The van der Waals surface area contributed by atoms with Crippen LogP contribution in [0, 0.1) is 11.7 Å². The van der Waals surface area contributed by atoms with Gasteiger partial charge in [-0.25, -0.2) is 4.39 Å². The predicted molar refractivity (Wildman–Crippen MR) is 81.3 cm³/mol. The Morgan fingerprint density at radius 1 is 1.20 bits per heavy atom. The molecule has 1 saturated carbocycles. The lowest BCUT2D eigenvalue weighted by Crippen LogP contribution is -2.35. The molecule has 0 aromatic heterocycles. The highest BCUT2D eigenvalue weighted by atomic mass is 19.1. The Morgan fingerprint density at radius 3 is 2.65 bits per heavy atom. The molecule has 0 bridgehead atoms. The molecule has 2 fully saturated rings. The Bertz CT molecular complexity index is 466. The molecule has 1 saturated heterocycles. The molecule has 1 aliphatic carbocycles. The number of halogens is 1. The summed E-state index contributed by atoms with van der Waals surface area (Å²) in [6.07, 6.45) is 7.86. The summed E-state index contributed by atoms with van der Waals surface area (Å²) in [6.45, 7) is 2.92. The molecule has 1 unspecified atom stereocenters. The number of nitrogens with zero attached hydrogens (tertiary/aromatic N) is 1. The molecule has 1 heterocycles. The van der Waals surface area contributed by atoms with Crippen molar-refractivity contribution in [3.8, 4) is 0 Å². The summed E-state index contributed by atoms with van der Waals surface area (Å²) in [5.41, 5.74) is 7.74. The lowest BCUT2D eigenvalue weighted by Gasteiger charge is -2.33. The SMILES string of the molecule is C[C@H](N)c1c(F)cccc1N1CCCC1C1CCCC1. The number of rotatable bonds is 3. The van der Waals surface area contributed by atoms with Gasteiger partial charge in [-0.1, -0.05) is 18.9 Å². The minimum absolute atomic E-state index is 0.158. The van der Waals surface area contributed by atoms with E-state index in [-0.39, 0.29) is 11.9 Å². The van der Waals surface area contributed by atoms with Crippen LogP contribution in [-0.2, 0) is 0 Å². The summed E-state index contributed by atoms with van der Waals surface area (Å²) < 4.78 is 14.2. The molecule has 0 amide bonds. The molecule has 110 valence electrons. The number of hydrogen-bond acceptors (Lipinski definition) is 2. The van der Waals surface area contributed by atoms with Crippen molar-refractivity contribution >= 4 is 5.69 Å². The minimum atomic E-state index is -0.254. The van der Waals surface area contributed by atoms with Crippen LogP contribution < -0.4 is 10.6 Å². The van der Waals surface area contributed by atoms with Gasteiger partial charge in [-0.3, -0.25) is 0 Å². The first-order chi connectivity index (χ1) is 9.68. The van der Waals surface area contributed by atoms with Gasteiger partial charge in [-0.15, -0.1) is 0 Å². The van der Waals surface area contributed by atoms with E-state index in [1.807, 2.05) is 13.0 Å². The van der Waals surface area contributed by atoms with Crippen molar-refractivity contribution in [2.45, 2.75) is 57.5 Å². The van der Waals surface area contributed by atoms with Crippen molar-refractivity contribution in [2.24, 2.45) is 11.7 Å². The monoisotopic (exact) mass is 276 g/mol. The molecule has 0 spiro atoms. The quantitative estimate of drug-likeness (QED) is 0.904. The van der Waals surface area contributed by atoms with Crippen molar-refractivity contribution in [3.05, 3.63) is 29.6 Å². The van der Waals surface area contributed by atoms with E-state index in [9.17, 15) is 4.39 Å². The Labute approximate surface area is 121 Å². The predicted octanol–water partition coefficient (Wildman–Crippen LogP) is 4.00. The van der Waals surface area contributed by atoms with Crippen LogP contribution in [0.25, 0.3) is 0 Å². The lowest BCUT2D eigenvalue weighted by atomic mass is 9.94. The maximum atomic E-state index is 14.2. The Balaban J connectivity index is 1.93. The van der Waals surface area contributed by atoms with Gasteiger partial charge in [0.05, 0.1) is 0 Å². The van der Waals surface area contributed by atoms with Gasteiger partial charge in [0.15, 0.2) is 0 Å². The van der Waals surface area contributed by atoms with Crippen LogP contribution in [0.4, 0.5) is 10.1 Å². The molecule has 20 heavy (non-hydrogen) atoms. The summed E-state index contributed by atoms with van der Waals surface area (Å²) >= 11 is 0. The maximum Gasteiger partial charge on any atom is 0.130 e. The largest absolute Gasteiger partial charge is 0.368 e. The summed E-state index contributed by atoms with van der Waals surface area (Å²) in [5, 5.41) is 0. The van der Waals surface area contributed by atoms with Crippen molar-refractivity contribution in [3.63, 3.8) is 0 Å². The summed E-state index contributed by atoms with van der Waals surface area (Å²) in [7, 11) is 0. The molecule has 2 N–H and O–H groups in total. The first-order valence-electron chi connectivity index (χ1n) is 7.99. The highest BCUT2D eigenvalue weighted by Gasteiger charge is 2.34. The molecular formula is C17H25FN2. The molecule has 3 rings (SSSR count). The number of hydrogen-bond donors (Lipinski definition) is 1. The molecule has 2 nitrogen and oxygen atoms in total. The number of nitrogens with two attached hydrogens (primary N) is 1. The standard InChI is InChI=1S/C17H25FN2/c1-12(19)17-14(18)8-4-9-16(17)20-11-5-10-15(20)13-6-2-3-7-13/h4,8-9,12-13,15H,2-3,5-7,10-11,19H2,1H3/t12-,15?/m0/s1. The van der Waals surface area contributed by atoms with Gasteiger partial charge in [0.25, 0.3) is 0 Å². The topological polar surface area (TPSA) is 29.3 Å². The van der Waals surface area contributed by atoms with Gasteiger partial charge in [-0.05, 0) is 50.7 Å². The maximum absolute atomic E-state index is 14.2. The van der Waals surface area contributed by atoms with E-state index in [0.717, 1.165) is 18.2 Å². The van der Waals surface area contributed by atoms with Crippen LogP contribution >= 0.6 is 0 Å². The van der Waals surface area contributed by atoms with Crippen LogP contribution in [0.15, 0.2) is 18.2 Å². The van der Waals surface area contributed by atoms with Gasteiger partial charge >= 0.3 is 0 Å². The van der Waals surface area contributed by atoms with Gasteiger partial charge in [0.2, 0.25) is 0 Å². The van der Waals surface area contributed by atoms with Crippen LogP contribution in [-0.4, -0.2) is 12.6 Å². The molecule has 2 aliphatic rings. The molecule has 2 atom stereocenters. The fourth-order valence-electron chi connectivity index (χ4n) is 4.15. The lowest BCUT2D eigenvalue weighted by molar-refractivity contribution is 0.429. The van der Waals surface area contributed by atoms with E-state index >= 15 is 0 Å². The zero-order chi connectivity index (χ0) is 14.1. The van der Waals surface area contributed by atoms with Crippen LogP contribution in [0.2, 0.25) is 0 Å². The highest BCUT2D eigenvalue weighted by Crippen LogP contribution is 2.40. The number of anilines is 1. The first-order valence-corrected chi connectivity index (χ1v) is 7.99. The van der Waals surface area contributed by atoms with Crippen LogP contribution in [0.5, 0.6) is 0 Å². The molecule has 1 aliphatic heterocycles. The normalized spacial score (nSPS) is 25.4. The van der Waals surface area contributed by atoms with E-state index in [0.29, 0.717) is 11.6 Å². The Morgan fingerprint density at radius 2 is 1.95 bits per heavy atom. The minimum Gasteiger partial charge on any atom is -0.368 e. The van der Waals surface area contributed by atoms with Gasteiger partial charge < -0.3 is 10.6 Å². The third kappa shape index (κ3) is 2.44. The molecule has 3 heteroatoms. The summed E-state index contributed by atoms with van der Waals surface area (Å²) in [4.78, 5) is 2.44. The van der Waals surface area contributed by atoms with E-state index in [1.54, 1.807) is 0 Å². The van der Waals surface area contributed by atoms with Crippen LogP contribution in [0.3, 0.4) is 0 Å². The number of benzene rings is 1. The highest BCUT2D eigenvalue weighted by molar-refractivity contribution is 5.57. The van der Waals surface area contributed by atoms with E-state index in [1.165, 1.54) is 44.6 Å². The van der Waals surface area contributed by atoms with Gasteiger partial charge in [0.1, 0.15) is 5.82 Å². The Kier molecular flexibility index (Phi) is 3.97. The van der Waals surface area contributed by atoms with Crippen LogP contribution in [0.1, 0.15) is 57.1 Å². The van der Waals surface area contributed by atoms with Crippen molar-refractivity contribution in [1.29, 1.82) is 0 Å². The van der Waals surface area contributed by atoms with Gasteiger partial charge in [0, 0.05) is 29.9 Å². The van der Waals surface area contributed by atoms with Crippen molar-refractivity contribution in [1.82, 2.24) is 0 Å². The fourth-order valence-corrected chi connectivity index (χ4v) is 4.15. The zero-order valence-corrected chi connectivity index (χ0v) is 12.3. The fraction of sp³-hybridized carbons (Fsp3) is 0.647. The smallest absolute Gasteiger partial charge is 0.130 e. The summed E-state index contributed by atoms with van der Waals surface area (Å²) in [5.74, 6) is 0.635. The second kappa shape index (κ2) is 5.72. The average Bonchev–Trinajstić information content (AvgIpc) is 3.08. The molecule has 1 aromatic rings. The average molecular weight is 276 g/mol. The second-order valence-corrected chi connectivity index (χ2v) is 6.41. The van der Waals surface area contributed by atoms with Crippen molar-refractivity contribution < 1.29 is 4.39 Å².